The van der Waals surface area contributed by atoms with Crippen LogP contribution >= 0.6 is 0 Å². The van der Waals surface area contributed by atoms with Gasteiger partial charge in [-0.3, -0.25) is 0 Å². The van der Waals surface area contributed by atoms with E-state index in [9.17, 15) is 10.2 Å². The molecule has 96 valence electrons. The number of aliphatic hydroxyl groups is 2. The lowest BCUT2D eigenvalue weighted by Gasteiger charge is -2.24. The summed E-state index contributed by atoms with van der Waals surface area (Å²) in [5, 5.41) is 31.4. The van der Waals surface area contributed by atoms with Gasteiger partial charge in [-0.25, -0.2) is 0 Å². The second kappa shape index (κ2) is 5.49. The average molecular weight is 239 g/mol. The van der Waals surface area contributed by atoms with E-state index < -0.39 is 5.60 Å². The number of phenols is 1. The van der Waals surface area contributed by atoms with Gasteiger partial charge < -0.3 is 20.6 Å². The zero-order chi connectivity index (χ0) is 13.1. The third-order valence-electron chi connectivity index (χ3n) is 2.78. The maximum absolute atomic E-state index is 9.74. The summed E-state index contributed by atoms with van der Waals surface area (Å²) < 4.78 is 0. The maximum atomic E-state index is 9.74. The Labute approximate surface area is 102 Å². The minimum atomic E-state index is -1.15. The summed E-state index contributed by atoms with van der Waals surface area (Å²) in [5.74, 6) is 0.235. The average Bonchev–Trinajstić information content (AvgIpc) is 2.29. The van der Waals surface area contributed by atoms with Crippen LogP contribution in [0, 0.1) is 6.92 Å². The number of benzene rings is 1. The molecule has 17 heavy (non-hydrogen) atoms. The van der Waals surface area contributed by atoms with Crippen LogP contribution in [-0.2, 0) is 0 Å². The number of rotatable bonds is 5. The molecule has 0 aromatic heterocycles. The molecule has 1 rings (SSSR count). The first-order chi connectivity index (χ1) is 7.85. The zero-order valence-corrected chi connectivity index (χ0v) is 10.6. The van der Waals surface area contributed by atoms with E-state index >= 15 is 0 Å². The SMILES string of the molecule is Cc1ccc(O)c(C(C)NCC(C)(O)CO)c1. The van der Waals surface area contributed by atoms with Crippen LogP contribution in [0.3, 0.4) is 0 Å². The zero-order valence-electron chi connectivity index (χ0n) is 10.6. The molecule has 0 aliphatic heterocycles. The van der Waals surface area contributed by atoms with E-state index in [1.54, 1.807) is 13.0 Å². The van der Waals surface area contributed by atoms with Gasteiger partial charge in [0.25, 0.3) is 0 Å². The van der Waals surface area contributed by atoms with Crippen molar-refractivity contribution >= 4 is 0 Å². The van der Waals surface area contributed by atoms with Crippen molar-refractivity contribution in [1.29, 1.82) is 0 Å². The van der Waals surface area contributed by atoms with Crippen molar-refractivity contribution in [2.24, 2.45) is 0 Å². The minimum Gasteiger partial charge on any atom is -0.508 e. The number of hydrogen-bond acceptors (Lipinski definition) is 4. The molecule has 4 heteroatoms. The van der Waals surface area contributed by atoms with E-state index in [2.05, 4.69) is 5.32 Å². The number of hydrogen-bond donors (Lipinski definition) is 4. The van der Waals surface area contributed by atoms with E-state index in [0.717, 1.165) is 11.1 Å². The molecule has 2 atom stereocenters. The molecule has 0 fully saturated rings. The van der Waals surface area contributed by atoms with Crippen LogP contribution in [0.25, 0.3) is 0 Å². The Hall–Kier alpha value is -1.10. The molecule has 0 saturated carbocycles. The van der Waals surface area contributed by atoms with Crippen LogP contribution in [0.2, 0.25) is 0 Å². The normalized spacial score (nSPS) is 16.5. The van der Waals surface area contributed by atoms with E-state index in [-0.39, 0.29) is 24.9 Å². The van der Waals surface area contributed by atoms with Gasteiger partial charge in [0.1, 0.15) is 5.75 Å². The lowest BCUT2D eigenvalue weighted by molar-refractivity contribution is 0.00101. The lowest BCUT2D eigenvalue weighted by Crippen LogP contribution is -2.41. The first kappa shape index (κ1) is 14.0. The molecule has 0 radical (unpaired) electrons. The summed E-state index contributed by atoms with van der Waals surface area (Å²) in [4.78, 5) is 0. The van der Waals surface area contributed by atoms with Gasteiger partial charge in [0, 0.05) is 18.2 Å². The molecular weight excluding hydrogens is 218 g/mol. The molecule has 0 saturated heterocycles. The van der Waals surface area contributed by atoms with Crippen molar-refractivity contribution in [3.8, 4) is 5.75 Å². The fourth-order valence-electron chi connectivity index (χ4n) is 1.56. The summed E-state index contributed by atoms with van der Waals surface area (Å²) in [6.07, 6.45) is 0. The van der Waals surface area contributed by atoms with Crippen LogP contribution in [-0.4, -0.2) is 34.1 Å². The van der Waals surface area contributed by atoms with Gasteiger partial charge in [-0.2, -0.15) is 0 Å². The highest BCUT2D eigenvalue weighted by molar-refractivity contribution is 5.37. The number of phenolic OH excluding ortho intramolecular Hbond substituents is 1. The standard InChI is InChI=1S/C13H21NO3/c1-9-4-5-12(16)11(6-9)10(2)14-7-13(3,17)8-15/h4-6,10,14-17H,7-8H2,1-3H3. The number of aryl methyl sites for hydroxylation is 1. The van der Waals surface area contributed by atoms with E-state index in [1.807, 2.05) is 26.0 Å². The Bertz CT molecular complexity index is 377. The quantitative estimate of drug-likeness (QED) is 0.621. The molecule has 1 aromatic rings. The van der Waals surface area contributed by atoms with E-state index in [0.29, 0.717) is 0 Å². The number of aromatic hydroxyl groups is 1. The summed E-state index contributed by atoms with van der Waals surface area (Å²) in [6.45, 7) is 5.38. The Morgan fingerprint density at radius 3 is 2.65 bits per heavy atom. The second-order valence-electron chi connectivity index (χ2n) is 4.82. The second-order valence-corrected chi connectivity index (χ2v) is 4.82. The molecule has 0 spiro atoms. The van der Waals surface area contributed by atoms with Gasteiger partial charge in [-0.1, -0.05) is 17.7 Å². The smallest absolute Gasteiger partial charge is 0.120 e. The summed E-state index contributed by atoms with van der Waals surface area (Å²) in [5.41, 5.74) is 0.715. The molecule has 4 nitrogen and oxygen atoms in total. The fraction of sp³-hybridized carbons (Fsp3) is 0.538. The Morgan fingerprint density at radius 1 is 1.41 bits per heavy atom. The molecule has 0 aliphatic carbocycles. The largest absolute Gasteiger partial charge is 0.508 e. The van der Waals surface area contributed by atoms with Crippen molar-refractivity contribution in [1.82, 2.24) is 5.32 Å². The first-order valence-electron chi connectivity index (χ1n) is 5.72. The van der Waals surface area contributed by atoms with Crippen molar-refractivity contribution < 1.29 is 15.3 Å². The Balaban J connectivity index is 2.70. The molecule has 1 aromatic carbocycles. The van der Waals surface area contributed by atoms with Crippen LogP contribution < -0.4 is 5.32 Å². The van der Waals surface area contributed by atoms with Crippen molar-refractivity contribution in [3.63, 3.8) is 0 Å². The Kier molecular flexibility index (Phi) is 4.51. The molecule has 0 bridgehead atoms. The topological polar surface area (TPSA) is 72.7 Å². The maximum Gasteiger partial charge on any atom is 0.120 e. The molecular formula is C13H21NO3. The van der Waals surface area contributed by atoms with Crippen LogP contribution in [0.15, 0.2) is 18.2 Å². The number of nitrogens with one attached hydrogen (secondary N) is 1. The summed E-state index contributed by atoms with van der Waals surface area (Å²) in [6, 6.07) is 5.32. The fourth-order valence-corrected chi connectivity index (χ4v) is 1.56. The lowest BCUT2D eigenvalue weighted by atomic mass is 10.0. The van der Waals surface area contributed by atoms with Gasteiger partial charge in [0.15, 0.2) is 0 Å². The number of aliphatic hydroxyl groups excluding tert-OH is 1. The molecule has 0 amide bonds. The molecule has 0 heterocycles. The third kappa shape index (κ3) is 4.00. The summed E-state index contributed by atoms with van der Waals surface area (Å²) >= 11 is 0. The Morgan fingerprint density at radius 2 is 2.06 bits per heavy atom. The minimum absolute atomic E-state index is 0.0899. The predicted octanol–water partition coefficient (Wildman–Crippen LogP) is 1.09. The van der Waals surface area contributed by atoms with Crippen molar-refractivity contribution in [3.05, 3.63) is 29.3 Å². The van der Waals surface area contributed by atoms with Crippen molar-refractivity contribution in [2.45, 2.75) is 32.4 Å². The van der Waals surface area contributed by atoms with E-state index in [1.165, 1.54) is 0 Å². The van der Waals surface area contributed by atoms with Gasteiger partial charge in [-0.15, -0.1) is 0 Å². The van der Waals surface area contributed by atoms with Crippen molar-refractivity contribution in [2.75, 3.05) is 13.2 Å². The highest BCUT2D eigenvalue weighted by Gasteiger charge is 2.20. The van der Waals surface area contributed by atoms with Gasteiger partial charge in [0.05, 0.1) is 12.2 Å². The third-order valence-corrected chi connectivity index (χ3v) is 2.78. The predicted molar refractivity (Wildman–Crippen MR) is 67.0 cm³/mol. The van der Waals surface area contributed by atoms with Gasteiger partial charge >= 0.3 is 0 Å². The van der Waals surface area contributed by atoms with Crippen LogP contribution in [0.4, 0.5) is 0 Å². The molecule has 2 unspecified atom stereocenters. The van der Waals surface area contributed by atoms with Crippen LogP contribution in [0.5, 0.6) is 5.75 Å². The van der Waals surface area contributed by atoms with Gasteiger partial charge in [-0.05, 0) is 26.8 Å². The molecule has 4 N–H and O–H groups in total. The highest BCUT2D eigenvalue weighted by atomic mass is 16.3. The first-order valence-corrected chi connectivity index (χ1v) is 5.72. The monoisotopic (exact) mass is 239 g/mol. The molecule has 0 aliphatic rings. The van der Waals surface area contributed by atoms with E-state index in [4.69, 9.17) is 5.11 Å². The summed E-state index contributed by atoms with van der Waals surface area (Å²) in [7, 11) is 0. The van der Waals surface area contributed by atoms with Gasteiger partial charge in [0.2, 0.25) is 0 Å². The highest BCUT2D eigenvalue weighted by Crippen LogP contribution is 2.25. The van der Waals surface area contributed by atoms with Crippen LogP contribution in [0.1, 0.15) is 31.0 Å².